The zero-order chi connectivity index (χ0) is 24.2. The Balaban J connectivity index is 0.000000187. The standard InChI is InChI=1S/C20H16NO.C12H10N.Ir/c1-13(2)14-10-6-12-21-19(14)17-9-5-8-16-15-7-3-4-11-18(15)22-20(16)17;1-10-5-4-6-11(9-10)12-7-2-3-8-13-12;/h3-8,10-13H,1-2H3;2-5,7-9H,1H3;/q2*-1;. The molecule has 0 bridgehead atoms. The van der Waals surface area contributed by atoms with Gasteiger partial charge in [0.15, 0.2) is 0 Å². The summed E-state index contributed by atoms with van der Waals surface area (Å²) >= 11 is 0. The molecule has 0 saturated heterocycles. The Morgan fingerprint density at radius 3 is 2.33 bits per heavy atom. The number of para-hydroxylation sites is 1. The molecule has 1 radical (unpaired) electrons. The molecule has 0 aliphatic carbocycles. The summed E-state index contributed by atoms with van der Waals surface area (Å²) in [5.41, 5.74) is 8.16. The molecule has 0 amide bonds. The van der Waals surface area contributed by atoms with Crippen LogP contribution in [0.25, 0.3) is 44.5 Å². The van der Waals surface area contributed by atoms with Crippen molar-refractivity contribution in [2.45, 2.75) is 26.7 Å². The Morgan fingerprint density at radius 1 is 0.778 bits per heavy atom. The minimum atomic E-state index is 0. The van der Waals surface area contributed by atoms with Crippen molar-refractivity contribution in [3.05, 3.63) is 121 Å². The average Bonchev–Trinajstić information content (AvgIpc) is 3.28. The third-order valence-corrected chi connectivity index (χ3v) is 5.93. The minimum Gasteiger partial charge on any atom is -0.501 e. The van der Waals surface area contributed by atoms with Gasteiger partial charge in [-0.2, -0.15) is 0 Å². The molecule has 36 heavy (non-hydrogen) atoms. The van der Waals surface area contributed by atoms with E-state index in [-0.39, 0.29) is 20.1 Å². The zero-order valence-electron chi connectivity index (χ0n) is 20.5. The summed E-state index contributed by atoms with van der Waals surface area (Å²) < 4.78 is 6.10. The van der Waals surface area contributed by atoms with Crippen LogP contribution >= 0.6 is 0 Å². The van der Waals surface area contributed by atoms with Gasteiger partial charge in [-0.15, -0.1) is 53.6 Å². The van der Waals surface area contributed by atoms with Gasteiger partial charge in [0.05, 0.1) is 5.58 Å². The van der Waals surface area contributed by atoms with E-state index in [4.69, 9.17) is 4.42 Å². The van der Waals surface area contributed by atoms with Crippen LogP contribution in [-0.2, 0) is 20.1 Å². The molecule has 0 aliphatic rings. The number of fused-ring (bicyclic) bond motifs is 3. The molecule has 0 spiro atoms. The van der Waals surface area contributed by atoms with E-state index < -0.39 is 0 Å². The quantitative estimate of drug-likeness (QED) is 0.181. The molecule has 0 N–H and O–H groups in total. The van der Waals surface area contributed by atoms with Crippen LogP contribution in [-0.4, -0.2) is 9.97 Å². The van der Waals surface area contributed by atoms with Gasteiger partial charge in [-0.05, 0) is 35.5 Å². The Morgan fingerprint density at radius 2 is 1.56 bits per heavy atom. The van der Waals surface area contributed by atoms with E-state index in [9.17, 15) is 0 Å². The van der Waals surface area contributed by atoms with E-state index in [0.29, 0.717) is 5.92 Å². The van der Waals surface area contributed by atoms with E-state index in [1.165, 1.54) is 11.1 Å². The molecule has 3 nitrogen and oxygen atoms in total. The van der Waals surface area contributed by atoms with Crippen molar-refractivity contribution in [2.24, 2.45) is 0 Å². The first-order valence-corrected chi connectivity index (χ1v) is 11.8. The van der Waals surface area contributed by atoms with Crippen LogP contribution in [0.1, 0.15) is 30.9 Å². The van der Waals surface area contributed by atoms with Crippen molar-refractivity contribution in [2.75, 3.05) is 0 Å². The van der Waals surface area contributed by atoms with Crippen molar-refractivity contribution < 1.29 is 24.5 Å². The smallest absolute Gasteiger partial charge is 0.120 e. The van der Waals surface area contributed by atoms with Gasteiger partial charge >= 0.3 is 0 Å². The summed E-state index contributed by atoms with van der Waals surface area (Å²) in [7, 11) is 0. The predicted octanol–water partition coefficient (Wildman–Crippen LogP) is 8.43. The van der Waals surface area contributed by atoms with Crippen molar-refractivity contribution in [1.29, 1.82) is 0 Å². The molecular weight excluding hydrogens is 621 g/mol. The van der Waals surface area contributed by atoms with Crippen molar-refractivity contribution in [3.63, 3.8) is 0 Å². The van der Waals surface area contributed by atoms with Crippen LogP contribution in [0.2, 0.25) is 0 Å². The molecule has 3 aromatic carbocycles. The van der Waals surface area contributed by atoms with E-state index in [1.54, 1.807) is 6.20 Å². The number of benzene rings is 3. The molecule has 4 heteroatoms. The molecular formula is C32H26IrN2O-2. The second kappa shape index (κ2) is 11.4. The van der Waals surface area contributed by atoms with Gasteiger partial charge in [-0.1, -0.05) is 73.7 Å². The third-order valence-electron chi connectivity index (χ3n) is 5.93. The maximum absolute atomic E-state index is 6.10. The van der Waals surface area contributed by atoms with Gasteiger partial charge in [-0.3, -0.25) is 0 Å². The van der Waals surface area contributed by atoms with Crippen LogP contribution in [0.5, 0.6) is 0 Å². The molecule has 0 fully saturated rings. The predicted molar refractivity (Wildman–Crippen MR) is 143 cm³/mol. The van der Waals surface area contributed by atoms with Crippen molar-refractivity contribution in [1.82, 2.24) is 9.97 Å². The van der Waals surface area contributed by atoms with E-state index in [1.807, 2.05) is 66.9 Å². The normalized spacial score (nSPS) is 10.7. The van der Waals surface area contributed by atoms with Crippen molar-refractivity contribution >= 4 is 21.9 Å². The first kappa shape index (κ1) is 25.5. The monoisotopic (exact) mass is 647 g/mol. The van der Waals surface area contributed by atoms with E-state index in [2.05, 4.69) is 67.1 Å². The molecule has 0 saturated carbocycles. The average molecular weight is 647 g/mol. The van der Waals surface area contributed by atoms with Gasteiger partial charge in [0.25, 0.3) is 0 Å². The fourth-order valence-corrected chi connectivity index (χ4v) is 4.21. The molecule has 3 heterocycles. The molecule has 6 aromatic rings. The maximum Gasteiger partial charge on any atom is 0.120 e. The van der Waals surface area contributed by atoms with Crippen LogP contribution in [0.15, 0.2) is 102 Å². The summed E-state index contributed by atoms with van der Waals surface area (Å²) in [6, 6.07) is 34.7. The summed E-state index contributed by atoms with van der Waals surface area (Å²) in [6.07, 6.45) is 3.63. The Kier molecular flexibility index (Phi) is 8.10. The van der Waals surface area contributed by atoms with Crippen LogP contribution in [0, 0.1) is 19.1 Å². The van der Waals surface area contributed by atoms with Gasteiger partial charge < -0.3 is 14.4 Å². The summed E-state index contributed by atoms with van der Waals surface area (Å²) in [5, 5.41) is 2.25. The topological polar surface area (TPSA) is 38.9 Å². The number of hydrogen-bond acceptors (Lipinski definition) is 3. The number of furan rings is 1. The van der Waals surface area contributed by atoms with Gasteiger partial charge in [-0.25, -0.2) is 0 Å². The molecule has 0 atom stereocenters. The van der Waals surface area contributed by atoms with E-state index in [0.717, 1.165) is 44.5 Å². The molecule has 0 aliphatic heterocycles. The SMILES string of the molecule is CC(C)c1cccnc1-c1[c-]ccc2c1oc1ccccc12.Cc1cc[c-]c(-c2ccccn2)c1.[Ir]. The van der Waals surface area contributed by atoms with E-state index >= 15 is 0 Å². The number of aryl methyl sites for hydroxylation is 1. The first-order valence-electron chi connectivity index (χ1n) is 11.8. The molecule has 6 rings (SSSR count). The minimum absolute atomic E-state index is 0. The summed E-state index contributed by atoms with van der Waals surface area (Å²) in [6.45, 7) is 6.43. The third kappa shape index (κ3) is 5.31. The Bertz CT molecular complexity index is 1590. The second-order valence-corrected chi connectivity index (χ2v) is 8.78. The zero-order valence-corrected chi connectivity index (χ0v) is 22.8. The molecule has 181 valence electrons. The Labute approximate surface area is 225 Å². The number of rotatable bonds is 3. The van der Waals surface area contributed by atoms with Gasteiger partial charge in [0.1, 0.15) is 5.58 Å². The molecule has 0 unspecified atom stereocenters. The molecule has 3 aromatic heterocycles. The van der Waals surface area contributed by atoms with Crippen molar-refractivity contribution in [3.8, 4) is 22.5 Å². The maximum atomic E-state index is 6.10. The second-order valence-electron chi connectivity index (χ2n) is 8.78. The van der Waals surface area contributed by atoms with Crippen LogP contribution in [0.3, 0.4) is 0 Å². The summed E-state index contributed by atoms with van der Waals surface area (Å²) in [4.78, 5) is 8.86. The van der Waals surface area contributed by atoms with Crippen LogP contribution in [0.4, 0.5) is 0 Å². The number of aromatic nitrogens is 2. The number of pyridine rings is 2. The Hall–Kier alpha value is -3.59. The van der Waals surface area contributed by atoms with Crippen LogP contribution < -0.4 is 0 Å². The van der Waals surface area contributed by atoms with Gasteiger partial charge in [0, 0.05) is 37.9 Å². The number of hydrogen-bond donors (Lipinski definition) is 0. The fourth-order valence-electron chi connectivity index (χ4n) is 4.21. The fraction of sp³-hybridized carbons (Fsp3) is 0.125. The number of nitrogens with zero attached hydrogens (tertiary/aromatic N) is 2. The first-order chi connectivity index (χ1) is 17.1. The largest absolute Gasteiger partial charge is 0.501 e. The summed E-state index contributed by atoms with van der Waals surface area (Å²) in [5.74, 6) is 0.400. The van der Waals surface area contributed by atoms with Gasteiger partial charge in [0.2, 0.25) is 0 Å².